The van der Waals surface area contributed by atoms with Crippen LogP contribution >= 0.6 is 0 Å². The van der Waals surface area contributed by atoms with E-state index in [1.54, 1.807) is 0 Å². The number of H-pyrrole nitrogens is 1. The minimum atomic E-state index is -3.53. The minimum Gasteiger partial charge on any atom is -0.305 e. The summed E-state index contributed by atoms with van der Waals surface area (Å²) in [5, 5.41) is 6.31. The summed E-state index contributed by atoms with van der Waals surface area (Å²) in [6.07, 6.45) is 6.22. The van der Waals surface area contributed by atoms with Gasteiger partial charge < -0.3 is 4.90 Å². The van der Waals surface area contributed by atoms with E-state index in [9.17, 15) is 8.42 Å². The highest BCUT2D eigenvalue weighted by atomic mass is 32.2. The molecule has 1 aliphatic heterocycles. The molecule has 0 radical (unpaired) electrons. The Morgan fingerprint density at radius 1 is 1.35 bits per heavy atom. The number of aromatic nitrogens is 3. The molecule has 0 aliphatic carbocycles. The number of nitrogens with one attached hydrogen (secondary N) is 1. The van der Waals surface area contributed by atoms with E-state index in [0.29, 0.717) is 6.54 Å². The number of rotatable bonds is 5. The molecule has 2 aromatic rings. The first kappa shape index (κ1) is 16.1. The third-order valence-corrected chi connectivity index (χ3v) is 5.84. The predicted octanol–water partition coefficient (Wildman–Crippen LogP) is 1.39. The minimum absolute atomic E-state index is 0.202. The standard InChI is InChI=1S/C15H21N5O2S/c1-19(2)11-12-5-6-14(16-8-12)15-4-3-7-20(15)23(21,22)13-9-17-18-10-13/h5-6,8-10,15H,3-4,7,11H2,1-2H3,(H,17,18)/t15-/m1/s1. The summed E-state index contributed by atoms with van der Waals surface area (Å²) in [6, 6.07) is 3.75. The second-order valence-corrected chi connectivity index (χ2v) is 7.93. The lowest BCUT2D eigenvalue weighted by molar-refractivity contribution is 0.388. The van der Waals surface area contributed by atoms with Crippen molar-refractivity contribution in [1.29, 1.82) is 0 Å². The molecule has 0 bridgehead atoms. The summed E-state index contributed by atoms with van der Waals surface area (Å²) in [4.78, 5) is 6.78. The molecule has 124 valence electrons. The van der Waals surface area contributed by atoms with Gasteiger partial charge in [0.2, 0.25) is 10.0 Å². The SMILES string of the molecule is CN(C)Cc1ccc([C@H]2CCCN2S(=O)(=O)c2cn[nH]c2)nc1. The van der Waals surface area contributed by atoms with Crippen LogP contribution in [0.25, 0.3) is 0 Å². The van der Waals surface area contributed by atoms with Crippen molar-refractivity contribution >= 4 is 10.0 Å². The van der Waals surface area contributed by atoms with E-state index in [0.717, 1.165) is 30.6 Å². The first-order chi connectivity index (χ1) is 11.0. The van der Waals surface area contributed by atoms with Gasteiger partial charge in [-0.25, -0.2) is 8.42 Å². The maximum absolute atomic E-state index is 12.7. The van der Waals surface area contributed by atoms with Gasteiger partial charge in [0.1, 0.15) is 4.90 Å². The summed E-state index contributed by atoms with van der Waals surface area (Å²) < 4.78 is 27.0. The van der Waals surface area contributed by atoms with Crippen LogP contribution in [-0.2, 0) is 16.6 Å². The van der Waals surface area contributed by atoms with Gasteiger partial charge in [0, 0.05) is 25.5 Å². The Kier molecular flexibility index (Phi) is 4.47. The van der Waals surface area contributed by atoms with Gasteiger partial charge in [0.05, 0.1) is 17.9 Å². The van der Waals surface area contributed by atoms with Crippen molar-refractivity contribution in [1.82, 2.24) is 24.4 Å². The Labute approximate surface area is 136 Å². The van der Waals surface area contributed by atoms with Crippen LogP contribution in [0.4, 0.5) is 0 Å². The highest BCUT2D eigenvalue weighted by Crippen LogP contribution is 2.35. The monoisotopic (exact) mass is 335 g/mol. The fourth-order valence-corrected chi connectivity index (χ4v) is 4.51. The number of aromatic amines is 1. The molecule has 1 aliphatic rings. The third kappa shape index (κ3) is 3.29. The number of nitrogens with zero attached hydrogens (tertiary/aromatic N) is 4. The third-order valence-electron chi connectivity index (χ3n) is 3.97. The summed E-state index contributed by atoms with van der Waals surface area (Å²) in [5.41, 5.74) is 1.91. The quantitative estimate of drug-likeness (QED) is 0.893. The summed E-state index contributed by atoms with van der Waals surface area (Å²) in [7, 11) is 0.478. The second kappa shape index (κ2) is 6.38. The summed E-state index contributed by atoms with van der Waals surface area (Å²) in [6.45, 7) is 1.33. The zero-order chi connectivity index (χ0) is 16.4. The Morgan fingerprint density at radius 2 is 2.17 bits per heavy atom. The zero-order valence-electron chi connectivity index (χ0n) is 13.3. The van der Waals surface area contributed by atoms with Gasteiger partial charge in [-0.2, -0.15) is 9.40 Å². The average Bonchev–Trinajstić information content (AvgIpc) is 3.19. The smallest absolute Gasteiger partial charge is 0.246 e. The zero-order valence-corrected chi connectivity index (χ0v) is 14.1. The molecular formula is C15H21N5O2S. The Morgan fingerprint density at radius 3 is 2.78 bits per heavy atom. The van der Waals surface area contributed by atoms with Crippen LogP contribution in [0.3, 0.4) is 0 Å². The van der Waals surface area contributed by atoms with E-state index in [1.165, 1.54) is 16.7 Å². The van der Waals surface area contributed by atoms with Crippen LogP contribution in [0.2, 0.25) is 0 Å². The van der Waals surface area contributed by atoms with E-state index in [2.05, 4.69) is 20.1 Å². The Hall–Kier alpha value is -1.77. The van der Waals surface area contributed by atoms with Crippen LogP contribution in [0.1, 0.15) is 30.1 Å². The normalized spacial score (nSPS) is 19.5. The lowest BCUT2D eigenvalue weighted by Crippen LogP contribution is -2.31. The number of sulfonamides is 1. The molecule has 0 spiro atoms. The van der Waals surface area contributed by atoms with Crippen molar-refractivity contribution in [3.05, 3.63) is 42.0 Å². The van der Waals surface area contributed by atoms with Gasteiger partial charge in [0.25, 0.3) is 0 Å². The lowest BCUT2D eigenvalue weighted by Gasteiger charge is -2.23. The number of hydrogen-bond donors (Lipinski definition) is 1. The molecule has 3 heterocycles. The molecule has 0 saturated carbocycles. The Balaban J connectivity index is 1.84. The molecule has 1 saturated heterocycles. The van der Waals surface area contributed by atoms with Gasteiger partial charge in [0.15, 0.2) is 0 Å². The fourth-order valence-electron chi connectivity index (χ4n) is 2.93. The molecule has 8 heteroatoms. The van der Waals surface area contributed by atoms with Crippen molar-refractivity contribution in [2.45, 2.75) is 30.3 Å². The molecule has 2 aromatic heterocycles. The van der Waals surface area contributed by atoms with E-state index in [-0.39, 0.29) is 10.9 Å². The molecule has 1 atom stereocenters. The number of pyridine rings is 1. The van der Waals surface area contributed by atoms with Crippen molar-refractivity contribution in [2.75, 3.05) is 20.6 Å². The molecule has 3 rings (SSSR count). The maximum Gasteiger partial charge on any atom is 0.246 e. The molecule has 0 aromatic carbocycles. The largest absolute Gasteiger partial charge is 0.305 e. The van der Waals surface area contributed by atoms with Crippen LogP contribution in [-0.4, -0.2) is 53.4 Å². The fraction of sp³-hybridized carbons (Fsp3) is 0.467. The highest BCUT2D eigenvalue weighted by molar-refractivity contribution is 7.89. The predicted molar refractivity (Wildman–Crippen MR) is 86.1 cm³/mol. The van der Waals surface area contributed by atoms with Crippen LogP contribution in [0, 0.1) is 0 Å². The van der Waals surface area contributed by atoms with Gasteiger partial charge >= 0.3 is 0 Å². The molecule has 0 unspecified atom stereocenters. The topological polar surface area (TPSA) is 82.2 Å². The van der Waals surface area contributed by atoms with E-state index >= 15 is 0 Å². The molecule has 1 fully saturated rings. The average molecular weight is 335 g/mol. The first-order valence-corrected chi connectivity index (χ1v) is 9.02. The second-order valence-electron chi connectivity index (χ2n) is 6.04. The van der Waals surface area contributed by atoms with Crippen molar-refractivity contribution in [3.63, 3.8) is 0 Å². The molecule has 1 N–H and O–H groups in total. The van der Waals surface area contributed by atoms with Gasteiger partial charge in [-0.1, -0.05) is 6.07 Å². The van der Waals surface area contributed by atoms with Crippen LogP contribution in [0.15, 0.2) is 35.6 Å². The van der Waals surface area contributed by atoms with Crippen molar-refractivity contribution in [2.24, 2.45) is 0 Å². The first-order valence-electron chi connectivity index (χ1n) is 7.58. The van der Waals surface area contributed by atoms with Gasteiger partial charge in [-0.15, -0.1) is 0 Å². The van der Waals surface area contributed by atoms with Crippen molar-refractivity contribution in [3.8, 4) is 0 Å². The van der Waals surface area contributed by atoms with E-state index in [4.69, 9.17) is 0 Å². The maximum atomic E-state index is 12.7. The number of hydrogen-bond acceptors (Lipinski definition) is 5. The van der Waals surface area contributed by atoms with Crippen molar-refractivity contribution < 1.29 is 8.42 Å². The van der Waals surface area contributed by atoms with Crippen LogP contribution < -0.4 is 0 Å². The highest BCUT2D eigenvalue weighted by Gasteiger charge is 2.37. The van der Waals surface area contributed by atoms with E-state index < -0.39 is 10.0 Å². The van der Waals surface area contributed by atoms with Gasteiger partial charge in [-0.05, 0) is 38.6 Å². The molecular weight excluding hydrogens is 314 g/mol. The summed E-state index contributed by atoms with van der Waals surface area (Å²) >= 11 is 0. The van der Waals surface area contributed by atoms with E-state index in [1.807, 2.05) is 32.4 Å². The Bertz CT molecular complexity index is 741. The van der Waals surface area contributed by atoms with Gasteiger partial charge in [-0.3, -0.25) is 10.1 Å². The lowest BCUT2D eigenvalue weighted by atomic mass is 10.1. The van der Waals surface area contributed by atoms with Crippen LogP contribution in [0.5, 0.6) is 0 Å². The molecule has 7 nitrogen and oxygen atoms in total. The molecule has 23 heavy (non-hydrogen) atoms. The molecule has 0 amide bonds. The summed E-state index contributed by atoms with van der Waals surface area (Å²) in [5.74, 6) is 0.